The zero-order chi connectivity index (χ0) is 12.7. The molecular weight excluding hydrogens is 230 g/mol. The van der Waals surface area contributed by atoms with E-state index in [2.05, 4.69) is 4.74 Å². The highest BCUT2D eigenvalue weighted by Crippen LogP contribution is 2.30. The van der Waals surface area contributed by atoms with Crippen LogP contribution < -0.4 is 0 Å². The quantitative estimate of drug-likeness (QED) is 0.758. The molecule has 3 rings (SSSR count). The van der Waals surface area contributed by atoms with Crippen molar-refractivity contribution < 1.29 is 14.3 Å². The van der Waals surface area contributed by atoms with Gasteiger partial charge < -0.3 is 9.30 Å². The Morgan fingerprint density at radius 2 is 2.22 bits per heavy atom. The molecule has 0 aliphatic carbocycles. The molecule has 0 amide bonds. The third-order valence-electron chi connectivity index (χ3n) is 3.48. The summed E-state index contributed by atoms with van der Waals surface area (Å²) >= 11 is 0. The average Bonchev–Trinajstić information content (AvgIpc) is 2.88. The van der Waals surface area contributed by atoms with Gasteiger partial charge in [0.1, 0.15) is 0 Å². The molecule has 2 heterocycles. The summed E-state index contributed by atoms with van der Waals surface area (Å²) in [6.45, 7) is 0.566. The van der Waals surface area contributed by atoms with Gasteiger partial charge in [0.2, 0.25) is 0 Å². The van der Waals surface area contributed by atoms with Gasteiger partial charge in [-0.05, 0) is 12.1 Å². The number of ketones is 1. The Balaban J connectivity index is 1.97. The highest BCUT2D eigenvalue weighted by molar-refractivity contribution is 6.04. The third-order valence-corrected chi connectivity index (χ3v) is 3.48. The lowest BCUT2D eigenvalue weighted by Gasteiger charge is -2.06. The van der Waals surface area contributed by atoms with E-state index in [9.17, 15) is 9.59 Å². The van der Waals surface area contributed by atoms with Crippen LogP contribution in [0.15, 0.2) is 30.3 Å². The molecule has 0 N–H and O–H groups in total. The minimum Gasteiger partial charge on any atom is -0.469 e. The van der Waals surface area contributed by atoms with E-state index in [1.165, 1.54) is 7.11 Å². The van der Waals surface area contributed by atoms with Crippen molar-refractivity contribution in [2.24, 2.45) is 5.92 Å². The molecule has 0 spiro atoms. The number of aromatic nitrogens is 1. The van der Waals surface area contributed by atoms with Crippen molar-refractivity contribution in [3.05, 3.63) is 36.0 Å². The van der Waals surface area contributed by atoms with Gasteiger partial charge in [-0.25, -0.2) is 0 Å². The van der Waals surface area contributed by atoms with Gasteiger partial charge in [0.25, 0.3) is 0 Å². The van der Waals surface area contributed by atoms with Gasteiger partial charge in [0.05, 0.1) is 25.1 Å². The number of esters is 1. The summed E-state index contributed by atoms with van der Waals surface area (Å²) in [7, 11) is 1.34. The maximum Gasteiger partial charge on any atom is 0.306 e. The number of Topliss-reactive ketones (excluding diaryl/α,β-unsaturated/α-hetero) is 1. The lowest BCUT2D eigenvalue weighted by Crippen LogP contribution is -2.15. The van der Waals surface area contributed by atoms with Gasteiger partial charge in [-0.2, -0.15) is 0 Å². The van der Waals surface area contributed by atoms with Crippen LogP contribution in [0.3, 0.4) is 0 Å². The van der Waals surface area contributed by atoms with Crippen LogP contribution in [0.1, 0.15) is 16.9 Å². The second-order valence-electron chi connectivity index (χ2n) is 4.54. The van der Waals surface area contributed by atoms with Crippen molar-refractivity contribution in [2.45, 2.75) is 13.0 Å². The van der Waals surface area contributed by atoms with Crippen LogP contribution in [-0.2, 0) is 16.1 Å². The number of nitrogens with zero attached hydrogens (tertiary/aromatic N) is 1. The summed E-state index contributed by atoms with van der Waals surface area (Å²) in [6.07, 6.45) is 0.158. The normalized spacial score (nSPS) is 18.1. The summed E-state index contributed by atoms with van der Waals surface area (Å²) in [5.41, 5.74) is 1.75. The molecule has 0 fully saturated rings. The third kappa shape index (κ3) is 1.53. The summed E-state index contributed by atoms with van der Waals surface area (Å²) in [5, 5.41) is 1.07. The molecule has 4 heteroatoms. The molecule has 0 saturated carbocycles. The van der Waals surface area contributed by atoms with Gasteiger partial charge in [-0.15, -0.1) is 0 Å². The van der Waals surface area contributed by atoms with E-state index >= 15 is 0 Å². The predicted octanol–water partition coefficient (Wildman–Crippen LogP) is 2.02. The van der Waals surface area contributed by atoms with Crippen LogP contribution in [0, 0.1) is 5.92 Å². The fraction of sp³-hybridized carbons (Fsp3) is 0.286. The molecule has 18 heavy (non-hydrogen) atoms. The van der Waals surface area contributed by atoms with Crippen molar-refractivity contribution in [1.82, 2.24) is 4.57 Å². The minimum atomic E-state index is -0.330. The molecule has 1 aliphatic rings. The van der Waals surface area contributed by atoms with E-state index in [4.69, 9.17) is 0 Å². The fourth-order valence-corrected chi connectivity index (χ4v) is 2.57. The van der Waals surface area contributed by atoms with Crippen LogP contribution in [0.25, 0.3) is 10.9 Å². The largest absolute Gasteiger partial charge is 0.469 e. The molecule has 0 unspecified atom stereocenters. The number of hydrogen-bond donors (Lipinski definition) is 0. The predicted molar refractivity (Wildman–Crippen MR) is 66.4 cm³/mol. The monoisotopic (exact) mass is 243 g/mol. The zero-order valence-electron chi connectivity index (χ0n) is 10.1. The summed E-state index contributed by atoms with van der Waals surface area (Å²) < 4.78 is 6.61. The molecule has 0 bridgehead atoms. The maximum absolute atomic E-state index is 12.2. The van der Waals surface area contributed by atoms with Crippen LogP contribution in [0.4, 0.5) is 0 Å². The number of hydrogen-bond acceptors (Lipinski definition) is 3. The molecule has 1 atom stereocenters. The van der Waals surface area contributed by atoms with Gasteiger partial charge in [0.15, 0.2) is 5.78 Å². The average molecular weight is 243 g/mol. The zero-order valence-corrected chi connectivity index (χ0v) is 10.1. The Labute approximate surface area is 104 Å². The number of methoxy groups -OCH3 is 1. The van der Waals surface area contributed by atoms with E-state index in [1.807, 2.05) is 34.9 Å². The fourth-order valence-electron chi connectivity index (χ4n) is 2.57. The Morgan fingerprint density at radius 1 is 1.44 bits per heavy atom. The second kappa shape index (κ2) is 3.98. The Hall–Kier alpha value is -2.10. The maximum atomic E-state index is 12.2. The van der Waals surface area contributed by atoms with E-state index in [0.29, 0.717) is 12.2 Å². The molecule has 0 radical (unpaired) electrons. The first kappa shape index (κ1) is 11.0. The van der Waals surface area contributed by atoms with Crippen LogP contribution >= 0.6 is 0 Å². The SMILES string of the molecule is COC(=O)C[C@H]1Cn2c(cc3ccccc32)C1=O. The number of carbonyl (C=O) groups excluding carboxylic acids is 2. The Kier molecular flexibility index (Phi) is 2.44. The summed E-state index contributed by atoms with van der Waals surface area (Å²) in [6, 6.07) is 9.78. The molecule has 0 saturated heterocycles. The first-order valence-corrected chi connectivity index (χ1v) is 5.90. The van der Waals surface area contributed by atoms with Crippen molar-refractivity contribution in [3.8, 4) is 0 Å². The van der Waals surface area contributed by atoms with E-state index < -0.39 is 0 Å². The topological polar surface area (TPSA) is 48.3 Å². The molecule has 92 valence electrons. The van der Waals surface area contributed by atoms with Crippen molar-refractivity contribution in [1.29, 1.82) is 0 Å². The second-order valence-corrected chi connectivity index (χ2v) is 4.54. The molecule has 1 aromatic carbocycles. The summed E-state index contributed by atoms with van der Waals surface area (Å²) in [4.78, 5) is 23.5. The Bertz CT molecular complexity index is 642. The molecule has 1 aromatic heterocycles. The first-order valence-electron chi connectivity index (χ1n) is 5.90. The lowest BCUT2D eigenvalue weighted by atomic mass is 10.0. The number of rotatable bonds is 2. The van der Waals surface area contributed by atoms with Gasteiger partial charge in [0, 0.05) is 17.4 Å². The van der Waals surface area contributed by atoms with E-state index in [1.54, 1.807) is 0 Å². The van der Waals surface area contributed by atoms with E-state index in [0.717, 1.165) is 10.9 Å². The smallest absolute Gasteiger partial charge is 0.306 e. The highest BCUT2D eigenvalue weighted by atomic mass is 16.5. The van der Waals surface area contributed by atoms with Gasteiger partial charge in [-0.3, -0.25) is 9.59 Å². The van der Waals surface area contributed by atoms with Crippen LogP contribution in [-0.4, -0.2) is 23.4 Å². The van der Waals surface area contributed by atoms with Gasteiger partial charge >= 0.3 is 5.97 Å². The number of fused-ring (bicyclic) bond motifs is 3. The van der Waals surface area contributed by atoms with Crippen LogP contribution in [0.5, 0.6) is 0 Å². The minimum absolute atomic E-state index is 0.0385. The van der Waals surface area contributed by atoms with Gasteiger partial charge in [-0.1, -0.05) is 18.2 Å². The molecular formula is C14H13NO3. The number of para-hydroxylation sites is 1. The first-order chi connectivity index (χ1) is 8.70. The van der Waals surface area contributed by atoms with Crippen molar-refractivity contribution in [2.75, 3.05) is 7.11 Å². The number of carbonyl (C=O) groups is 2. The number of ether oxygens (including phenoxy) is 1. The van der Waals surface area contributed by atoms with Crippen molar-refractivity contribution in [3.63, 3.8) is 0 Å². The van der Waals surface area contributed by atoms with Crippen LogP contribution in [0.2, 0.25) is 0 Å². The highest BCUT2D eigenvalue weighted by Gasteiger charge is 2.33. The van der Waals surface area contributed by atoms with E-state index in [-0.39, 0.29) is 24.1 Å². The summed E-state index contributed by atoms with van der Waals surface area (Å²) in [5.74, 6) is -0.572. The lowest BCUT2D eigenvalue weighted by molar-refractivity contribution is -0.141. The standard InChI is InChI=1S/C14H13NO3/c1-18-13(16)7-10-8-15-11-5-3-2-4-9(11)6-12(15)14(10)17/h2-6,10H,7-8H2,1H3/t10-/m0/s1. The van der Waals surface area contributed by atoms with Crippen molar-refractivity contribution >= 4 is 22.7 Å². The molecule has 1 aliphatic heterocycles. The molecule has 4 nitrogen and oxygen atoms in total. The number of benzene rings is 1. The molecule has 2 aromatic rings. The Morgan fingerprint density at radius 3 is 3.00 bits per heavy atom.